The molecule has 0 aliphatic carbocycles. The van der Waals surface area contributed by atoms with Crippen molar-refractivity contribution in [1.29, 1.82) is 0 Å². The van der Waals surface area contributed by atoms with E-state index in [-0.39, 0.29) is 24.1 Å². The zero-order chi connectivity index (χ0) is 19.3. The molecular weight excluding hydrogens is 356 g/mol. The molecule has 5 rings (SSSR count). The summed E-state index contributed by atoms with van der Waals surface area (Å²) >= 11 is 0. The Hall–Kier alpha value is -2.25. The van der Waals surface area contributed by atoms with E-state index in [1.165, 1.54) is 18.4 Å². The van der Waals surface area contributed by atoms with Crippen LogP contribution in [0.1, 0.15) is 47.2 Å². The molecule has 1 aromatic carbocycles. The van der Waals surface area contributed by atoms with Crippen molar-refractivity contribution < 1.29 is 14.4 Å². The average molecular weight is 382 g/mol. The fraction of sp³-hybridized carbons (Fsp3) is 0.571. The Labute approximate surface area is 164 Å². The van der Waals surface area contributed by atoms with Crippen molar-refractivity contribution in [3.63, 3.8) is 0 Å². The van der Waals surface area contributed by atoms with Gasteiger partial charge in [0.15, 0.2) is 0 Å². The molecule has 0 saturated carbocycles. The second-order valence-electron chi connectivity index (χ2n) is 8.48. The number of nitrogens with zero attached hydrogens (tertiary/aromatic N) is 2. The van der Waals surface area contributed by atoms with Crippen molar-refractivity contribution in [1.82, 2.24) is 20.4 Å². The molecule has 3 atom stereocenters. The number of nitrogens with one attached hydrogen (secondary N) is 2. The summed E-state index contributed by atoms with van der Waals surface area (Å²) in [5.41, 5.74) is 2.92. The van der Waals surface area contributed by atoms with Crippen LogP contribution in [0.15, 0.2) is 18.2 Å². The lowest BCUT2D eigenvalue weighted by Crippen LogP contribution is -2.52. The lowest BCUT2D eigenvalue weighted by Gasteiger charge is -2.35. The SMILES string of the molecule is O=C1CCC(N2Cc3c(CN4CCC5CCNC5C4)cccc3C2=O)C(=O)N1. The van der Waals surface area contributed by atoms with Crippen LogP contribution in [-0.2, 0) is 22.7 Å². The van der Waals surface area contributed by atoms with Crippen molar-refractivity contribution >= 4 is 17.7 Å². The molecule has 4 heterocycles. The molecule has 3 unspecified atom stereocenters. The number of carbonyl (C=O) groups excluding carboxylic acids is 3. The van der Waals surface area contributed by atoms with E-state index in [4.69, 9.17) is 0 Å². The smallest absolute Gasteiger partial charge is 0.255 e. The van der Waals surface area contributed by atoms with E-state index in [9.17, 15) is 14.4 Å². The molecule has 2 N–H and O–H groups in total. The molecule has 7 heteroatoms. The van der Waals surface area contributed by atoms with E-state index in [1.54, 1.807) is 4.90 Å². The Bertz CT molecular complexity index is 839. The minimum atomic E-state index is -0.552. The van der Waals surface area contributed by atoms with Gasteiger partial charge in [0.2, 0.25) is 11.8 Å². The summed E-state index contributed by atoms with van der Waals surface area (Å²) in [5, 5.41) is 5.98. The van der Waals surface area contributed by atoms with Crippen LogP contribution >= 0.6 is 0 Å². The van der Waals surface area contributed by atoms with Gasteiger partial charge in [0.05, 0.1) is 0 Å². The molecule has 0 spiro atoms. The quantitative estimate of drug-likeness (QED) is 0.750. The van der Waals surface area contributed by atoms with Crippen molar-refractivity contribution in [2.45, 2.75) is 50.9 Å². The third-order valence-corrected chi connectivity index (χ3v) is 6.83. The molecule has 28 heavy (non-hydrogen) atoms. The predicted molar refractivity (Wildman–Crippen MR) is 102 cm³/mol. The van der Waals surface area contributed by atoms with Crippen molar-refractivity contribution in [2.24, 2.45) is 5.92 Å². The maximum Gasteiger partial charge on any atom is 0.255 e. The summed E-state index contributed by atoms with van der Waals surface area (Å²) in [4.78, 5) is 40.8. The number of benzene rings is 1. The maximum absolute atomic E-state index is 13.0. The van der Waals surface area contributed by atoms with E-state index >= 15 is 0 Å². The van der Waals surface area contributed by atoms with Gasteiger partial charge in [-0.05, 0) is 55.5 Å². The molecule has 3 saturated heterocycles. The van der Waals surface area contributed by atoms with E-state index in [0.29, 0.717) is 24.6 Å². The summed E-state index contributed by atoms with van der Waals surface area (Å²) in [5.74, 6) is 0.105. The monoisotopic (exact) mass is 382 g/mol. The number of amides is 3. The Morgan fingerprint density at radius 2 is 2.00 bits per heavy atom. The highest BCUT2D eigenvalue weighted by Crippen LogP contribution is 2.32. The van der Waals surface area contributed by atoms with Gasteiger partial charge in [0, 0.05) is 37.7 Å². The summed E-state index contributed by atoms with van der Waals surface area (Å²) < 4.78 is 0. The zero-order valence-corrected chi connectivity index (χ0v) is 15.9. The number of rotatable bonds is 3. The van der Waals surface area contributed by atoms with Gasteiger partial charge in [-0.15, -0.1) is 0 Å². The second-order valence-corrected chi connectivity index (χ2v) is 8.48. The van der Waals surface area contributed by atoms with Gasteiger partial charge in [-0.25, -0.2) is 0 Å². The molecule has 0 aromatic heterocycles. The fourth-order valence-electron chi connectivity index (χ4n) is 5.28. The van der Waals surface area contributed by atoms with E-state index < -0.39 is 6.04 Å². The minimum absolute atomic E-state index is 0.0949. The first-order valence-electron chi connectivity index (χ1n) is 10.3. The molecule has 4 aliphatic heterocycles. The molecular formula is C21H26N4O3. The van der Waals surface area contributed by atoms with Gasteiger partial charge in [-0.3, -0.25) is 24.6 Å². The standard InChI is InChI=1S/C21H26N4O3/c26-19-5-4-18(20(27)23-19)25-11-16-14(2-1-3-15(16)21(25)28)10-24-9-7-13-6-8-22-17(13)12-24/h1-3,13,17-18,22H,4-12H2,(H,23,26,27). The minimum Gasteiger partial charge on any atom is -0.322 e. The Balaban J connectivity index is 1.33. The first kappa shape index (κ1) is 17.8. The van der Waals surface area contributed by atoms with E-state index in [2.05, 4.69) is 21.6 Å². The highest BCUT2D eigenvalue weighted by molar-refractivity contribution is 6.05. The van der Waals surface area contributed by atoms with Crippen molar-refractivity contribution in [2.75, 3.05) is 19.6 Å². The van der Waals surface area contributed by atoms with Gasteiger partial charge in [0.1, 0.15) is 6.04 Å². The summed E-state index contributed by atoms with van der Waals surface area (Å²) in [6.07, 6.45) is 3.20. The fourth-order valence-corrected chi connectivity index (χ4v) is 5.28. The van der Waals surface area contributed by atoms with Gasteiger partial charge in [-0.2, -0.15) is 0 Å². The van der Waals surface area contributed by atoms with Crippen molar-refractivity contribution in [3.8, 4) is 0 Å². The highest BCUT2D eigenvalue weighted by atomic mass is 16.2. The van der Waals surface area contributed by atoms with Crippen molar-refractivity contribution in [3.05, 3.63) is 34.9 Å². The number of carbonyl (C=O) groups is 3. The van der Waals surface area contributed by atoms with Gasteiger partial charge in [0.25, 0.3) is 5.91 Å². The van der Waals surface area contributed by atoms with Gasteiger partial charge < -0.3 is 10.2 Å². The molecule has 3 fully saturated rings. The lowest BCUT2D eigenvalue weighted by atomic mass is 9.92. The van der Waals surface area contributed by atoms with Crippen LogP contribution in [0.25, 0.3) is 0 Å². The first-order chi connectivity index (χ1) is 13.6. The molecule has 4 aliphatic rings. The summed E-state index contributed by atoms with van der Waals surface area (Å²) in [7, 11) is 0. The topological polar surface area (TPSA) is 81.8 Å². The zero-order valence-electron chi connectivity index (χ0n) is 15.9. The third kappa shape index (κ3) is 3.02. The highest BCUT2D eigenvalue weighted by Gasteiger charge is 2.40. The maximum atomic E-state index is 13.0. The van der Waals surface area contributed by atoms with Crippen LogP contribution in [0.3, 0.4) is 0 Å². The molecule has 1 aromatic rings. The van der Waals surface area contributed by atoms with E-state index in [1.807, 2.05) is 12.1 Å². The molecule has 0 bridgehead atoms. The predicted octanol–water partition coefficient (Wildman–Crippen LogP) is 0.631. The van der Waals surface area contributed by atoms with Crippen LogP contribution in [0.4, 0.5) is 0 Å². The Kier molecular flexibility index (Phi) is 4.44. The Morgan fingerprint density at radius 1 is 1.11 bits per heavy atom. The number of imide groups is 1. The van der Waals surface area contributed by atoms with Gasteiger partial charge >= 0.3 is 0 Å². The normalized spacial score (nSPS) is 30.4. The van der Waals surface area contributed by atoms with Crippen LogP contribution in [0.2, 0.25) is 0 Å². The number of piperidine rings is 2. The van der Waals surface area contributed by atoms with Crippen LogP contribution < -0.4 is 10.6 Å². The van der Waals surface area contributed by atoms with Crippen LogP contribution in [0, 0.1) is 5.92 Å². The number of fused-ring (bicyclic) bond motifs is 2. The third-order valence-electron chi connectivity index (χ3n) is 6.83. The number of hydrogen-bond donors (Lipinski definition) is 2. The summed E-state index contributed by atoms with van der Waals surface area (Å²) in [6, 6.07) is 5.95. The molecule has 148 valence electrons. The lowest BCUT2D eigenvalue weighted by molar-refractivity contribution is -0.136. The van der Waals surface area contributed by atoms with Gasteiger partial charge in [-0.1, -0.05) is 12.1 Å². The largest absolute Gasteiger partial charge is 0.322 e. The first-order valence-corrected chi connectivity index (χ1v) is 10.3. The number of hydrogen-bond acceptors (Lipinski definition) is 5. The van der Waals surface area contributed by atoms with Crippen LogP contribution in [0.5, 0.6) is 0 Å². The Morgan fingerprint density at radius 3 is 2.86 bits per heavy atom. The average Bonchev–Trinajstić information content (AvgIpc) is 3.27. The summed E-state index contributed by atoms with van der Waals surface area (Å²) in [6.45, 7) is 4.56. The van der Waals surface area contributed by atoms with E-state index in [0.717, 1.165) is 37.7 Å². The molecule has 0 radical (unpaired) electrons. The molecule has 7 nitrogen and oxygen atoms in total. The number of likely N-dealkylation sites (tertiary alicyclic amines) is 1. The van der Waals surface area contributed by atoms with Crippen LogP contribution in [-0.4, -0.2) is 59.2 Å². The second kappa shape index (κ2) is 6.97. The molecule has 3 amide bonds.